The summed E-state index contributed by atoms with van der Waals surface area (Å²) in [7, 11) is 0. The fraction of sp³-hybridized carbons (Fsp3) is 0.875. The summed E-state index contributed by atoms with van der Waals surface area (Å²) in [5, 5.41) is -1.06. The maximum absolute atomic E-state index is 11.1. The van der Waals surface area contributed by atoms with E-state index in [0.717, 1.165) is 0 Å². The van der Waals surface area contributed by atoms with Gasteiger partial charge < -0.3 is 4.74 Å². The predicted molar refractivity (Wildman–Crippen MR) is 50.5 cm³/mol. The van der Waals surface area contributed by atoms with Crippen molar-refractivity contribution in [1.82, 2.24) is 0 Å². The Morgan fingerprint density at radius 2 is 2.08 bits per heavy atom. The van der Waals surface area contributed by atoms with Gasteiger partial charge in [-0.05, 0) is 12.8 Å². The molecule has 0 rings (SSSR count). The molecule has 1 unspecified atom stereocenters. The second-order valence-corrected chi connectivity index (χ2v) is 4.37. The third-order valence-corrected chi connectivity index (χ3v) is 2.00. The van der Waals surface area contributed by atoms with Crippen LogP contribution in [0.2, 0.25) is 0 Å². The van der Waals surface area contributed by atoms with Gasteiger partial charge in [-0.1, -0.05) is 25.4 Å². The molecule has 0 aliphatic rings. The van der Waals surface area contributed by atoms with Crippen LogP contribution < -0.4 is 0 Å². The van der Waals surface area contributed by atoms with Crippen molar-refractivity contribution in [2.24, 2.45) is 5.92 Å². The molecule has 0 heterocycles. The normalized spacial score (nSPS) is 15.8. The van der Waals surface area contributed by atoms with Crippen molar-refractivity contribution < 1.29 is 9.53 Å². The standard InChI is InChI=1S/C8H14Cl2O2/c1-6(2)4-7(11)12-8(3,10)5-9/h6H,4-5H2,1-3H3. The minimum Gasteiger partial charge on any atom is -0.442 e. The van der Waals surface area contributed by atoms with Gasteiger partial charge in [-0.25, -0.2) is 0 Å². The molecule has 0 saturated carbocycles. The van der Waals surface area contributed by atoms with E-state index in [1.165, 1.54) is 0 Å². The maximum atomic E-state index is 11.1. The molecule has 4 heteroatoms. The molecule has 0 amide bonds. The Balaban J connectivity index is 3.84. The average molecular weight is 213 g/mol. The topological polar surface area (TPSA) is 26.3 Å². The summed E-state index contributed by atoms with van der Waals surface area (Å²) in [5.74, 6) is 0.0710. The lowest BCUT2D eigenvalue weighted by molar-refractivity contribution is -0.150. The Kier molecular flexibility index (Phi) is 4.95. The molecule has 0 aromatic carbocycles. The molecule has 0 fully saturated rings. The van der Waals surface area contributed by atoms with Gasteiger partial charge in [0.2, 0.25) is 0 Å². The summed E-state index contributed by atoms with van der Waals surface area (Å²) in [6, 6.07) is 0. The van der Waals surface area contributed by atoms with Gasteiger partial charge in [-0.15, -0.1) is 11.6 Å². The third kappa shape index (κ3) is 5.67. The van der Waals surface area contributed by atoms with Crippen LogP contribution in [-0.2, 0) is 9.53 Å². The van der Waals surface area contributed by atoms with Gasteiger partial charge in [-0.3, -0.25) is 4.79 Å². The zero-order valence-electron chi connectivity index (χ0n) is 7.56. The number of hydrogen-bond donors (Lipinski definition) is 0. The zero-order valence-corrected chi connectivity index (χ0v) is 9.08. The predicted octanol–water partition coefficient (Wildman–Crippen LogP) is 2.77. The van der Waals surface area contributed by atoms with Gasteiger partial charge >= 0.3 is 5.97 Å². The van der Waals surface area contributed by atoms with Crippen molar-refractivity contribution in [3.63, 3.8) is 0 Å². The van der Waals surface area contributed by atoms with E-state index < -0.39 is 5.06 Å². The van der Waals surface area contributed by atoms with Gasteiger partial charge in [-0.2, -0.15) is 0 Å². The lowest BCUT2D eigenvalue weighted by Crippen LogP contribution is -2.27. The molecule has 0 spiro atoms. The summed E-state index contributed by atoms with van der Waals surface area (Å²) in [6.45, 7) is 5.45. The Labute approximate surface area is 83.2 Å². The third-order valence-electron chi connectivity index (χ3n) is 1.14. The molecule has 0 radical (unpaired) electrons. The van der Waals surface area contributed by atoms with Crippen LogP contribution in [0, 0.1) is 5.92 Å². The van der Waals surface area contributed by atoms with Crippen LogP contribution in [0.15, 0.2) is 0 Å². The number of carbonyl (C=O) groups excluding carboxylic acids is 1. The van der Waals surface area contributed by atoms with E-state index in [1.54, 1.807) is 6.92 Å². The quantitative estimate of drug-likeness (QED) is 0.530. The minimum atomic E-state index is -1.06. The molecule has 0 N–H and O–H groups in total. The molecular formula is C8H14Cl2O2. The highest BCUT2D eigenvalue weighted by molar-refractivity contribution is 6.30. The van der Waals surface area contributed by atoms with Gasteiger partial charge in [0.25, 0.3) is 0 Å². The highest BCUT2D eigenvalue weighted by Gasteiger charge is 2.24. The first-order valence-electron chi connectivity index (χ1n) is 3.84. The molecule has 12 heavy (non-hydrogen) atoms. The number of carbonyl (C=O) groups is 1. The molecule has 0 saturated heterocycles. The van der Waals surface area contributed by atoms with Crippen molar-refractivity contribution in [1.29, 1.82) is 0 Å². The summed E-state index contributed by atoms with van der Waals surface area (Å²) in [6.07, 6.45) is 0.374. The van der Waals surface area contributed by atoms with Crippen LogP contribution >= 0.6 is 23.2 Å². The van der Waals surface area contributed by atoms with Crippen molar-refractivity contribution in [3.8, 4) is 0 Å². The number of ether oxygens (including phenoxy) is 1. The molecule has 0 aliphatic carbocycles. The zero-order chi connectivity index (χ0) is 9.78. The van der Waals surface area contributed by atoms with E-state index >= 15 is 0 Å². The fourth-order valence-corrected chi connectivity index (χ4v) is 0.780. The first kappa shape index (κ1) is 12.0. The van der Waals surface area contributed by atoms with Crippen molar-refractivity contribution in [2.75, 3.05) is 5.88 Å². The average Bonchev–Trinajstić information content (AvgIpc) is 1.84. The fourth-order valence-electron chi connectivity index (χ4n) is 0.640. The van der Waals surface area contributed by atoms with Crippen LogP contribution in [-0.4, -0.2) is 16.9 Å². The van der Waals surface area contributed by atoms with E-state index in [2.05, 4.69) is 0 Å². The first-order chi connectivity index (χ1) is 5.37. The summed E-state index contributed by atoms with van der Waals surface area (Å²) >= 11 is 11.2. The highest BCUT2D eigenvalue weighted by atomic mass is 35.5. The molecule has 0 aromatic rings. The van der Waals surface area contributed by atoms with Crippen LogP contribution in [0.25, 0.3) is 0 Å². The molecular weight excluding hydrogens is 199 g/mol. The molecule has 0 aromatic heterocycles. The summed E-state index contributed by atoms with van der Waals surface area (Å²) < 4.78 is 4.89. The molecule has 0 aliphatic heterocycles. The van der Waals surface area contributed by atoms with Crippen molar-refractivity contribution in [3.05, 3.63) is 0 Å². The number of rotatable bonds is 4. The van der Waals surface area contributed by atoms with Crippen molar-refractivity contribution in [2.45, 2.75) is 32.3 Å². The highest BCUT2D eigenvalue weighted by Crippen LogP contribution is 2.19. The molecule has 2 nitrogen and oxygen atoms in total. The Morgan fingerprint density at radius 1 is 1.58 bits per heavy atom. The van der Waals surface area contributed by atoms with Crippen LogP contribution in [0.5, 0.6) is 0 Å². The number of alkyl halides is 2. The minimum absolute atomic E-state index is 0.0956. The molecule has 1 atom stereocenters. The van der Waals surface area contributed by atoms with Crippen LogP contribution in [0.1, 0.15) is 27.2 Å². The number of hydrogen-bond acceptors (Lipinski definition) is 2. The Hall–Kier alpha value is 0.0500. The Bertz CT molecular complexity index is 155. The second-order valence-electron chi connectivity index (χ2n) is 3.31. The first-order valence-corrected chi connectivity index (χ1v) is 4.75. The van der Waals surface area contributed by atoms with E-state index in [-0.39, 0.29) is 17.8 Å². The second kappa shape index (κ2) is 4.93. The van der Waals surface area contributed by atoms with Crippen LogP contribution in [0.3, 0.4) is 0 Å². The monoisotopic (exact) mass is 212 g/mol. The van der Waals surface area contributed by atoms with Crippen LogP contribution in [0.4, 0.5) is 0 Å². The SMILES string of the molecule is CC(C)CC(=O)OC(C)(Cl)CCl. The molecule has 72 valence electrons. The number of halogens is 2. The Morgan fingerprint density at radius 3 is 2.42 bits per heavy atom. The lowest BCUT2D eigenvalue weighted by atomic mass is 10.1. The van der Waals surface area contributed by atoms with E-state index in [9.17, 15) is 4.79 Å². The largest absolute Gasteiger partial charge is 0.442 e. The summed E-state index contributed by atoms with van der Waals surface area (Å²) in [4.78, 5) is 11.1. The van der Waals surface area contributed by atoms with E-state index in [1.807, 2.05) is 13.8 Å². The van der Waals surface area contributed by atoms with Gasteiger partial charge in [0.15, 0.2) is 5.06 Å². The van der Waals surface area contributed by atoms with Gasteiger partial charge in [0.1, 0.15) is 0 Å². The van der Waals surface area contributed by atoms with E-state index in [4.69, 9.17) is 27.9 Å². The maximum Gasteiger partial charge on any atom is 0.307 e. The van der Waals surface area contributed by atoms with Gasteiger partial charge in [0, 0.05) is 6.42 Å². The number of esters is 1. The van der Waals surface area contributed by atoms with E-state index in [0.29, 0.717) is 6.42 Å². The van der Waals surface area contributed by atoms with Gasteiger partial charge in [0.05, 0.1) is 5.88 Å². The van der Waals surface area contributed by atoms with Crippen molar-refractivity contribution >= 4 is 29.2 Å². The summed E-state index contributed by atoms with van der Waals surface area (Å²) in [5.41, 5.74) is 0. The lowest BCUT2D eigenvalue weighted by Gasteiger charge is -2.19. The molecule has 0 bridgehead atoms. The smallest absolute Gasteiger partial charge is 0.307 e.